The standard InChI is InChI=1S/C22H23ClN2O2/c23-21-4-2-1-3-18(21)14-25-11-8-16(9-12-25)15-27-19-5-6-20-17(13-19)7-10-24-22(20)26/h1-7,10,13,16H,8-9,11-12,14-15H2,(H,24,26). The number of rotatable bonds is 5. The van der Waals surface area contributed by atoms with E-state index in [0.29, 0.717) is 17.9 Å². The van der Waals surface area contributed by atoms with Gasteiger partial charge in [-0.05, 0) is 73.1 Å². The van der Waals surface area contributed by atoms with Gasteiger partial charge in [-0.25, -0.2) is 0 Å². The van der Waals surface area contributed by atoms with E-state index in [9.17, 15) is 4.79 Å². The van der Waals surface area contributed by atoms with Gasteiger partial charge in [0.2, 0.25) is 0 Å². The van der Waals surface area contributed by atoms with Gasteiger partial charge in [-0.15, -0.1) is 0 Å². The van der Waals surface area contributed by atoms with Gasteiger partial charge < -0.3 is 9.72 Å². The molecule has 3 aromatic rings. The number of nitrogens with one attached hydrogen (secondary N) is 1. The van der Waals surface area contributed by atoms with Gasteiger partial charge >= 0.3 is 0 Å². The van der Waals surface area contributed by atoms with E-state index in [1.807, 2.05) is 42.5 Å². The number of hydrogen-bond donors (Lipinski definition) is 1. The molecule has 0 saturated carbocycles. The summed E-state index contributed by atoms with van der Waals surface area (Å²) in [5, 5.41) is 2.45. The summed E-state index contributed by atoms with van der Waals surface area (Å²) in [7, 11) is 0. The molecule has 0 atom stereocenters. The first kappa shape index (κ1) is 18.1. The average Bonchev–Trinajstić information content (AvgIpc) is 2.69. The Morgan fingerprint density at radius 3 is 2.74 bits per heavy atom. The van der Waals surface area contributed by atoms with Crippen LogP contribution < -0.4 is 10.3 Å². The van der Waals surface area contributed by atoms with Crippen molar-refractivity contribution in [3.05, 3.63) is 75.7 Å². The number of fused-ring (bicyclic) bond motifs is 1. The molecule has 0 bridgehead atoms. The van der Waals surface area contributed by atoms with Crippen LogP contribution in [0.2, 0.25) is 5.02 Å². The molecule has 0 spiro atoms. The molecular formula is C22H23ClN2O2. The van der Waals surface area contributed by atoms with Crippen molar-refractivity contribution < 1.29 is 4.74 Å². The second-order valence-corrected chi connectivity index (χ2v) is 7.58. The van der Waals surface area contributed by atoms with Gasteiger partial charge in [-0.1, -0.05) is 29.8 Å². The summed E-state index contributed by atoms with van der Waals surface area (Å²) in [6, 6.07) is 15.6. The Balaban J connectivity index is 1.29. The van der Waals surface area contributed by atoms with Crippen molar-refractivity contribution in [1.82, 2.24) is 9.88 Å². The Morgan fingerprint density at radius 2 is 1.93 bits per heavy atom. The fourth-order valence-electron chi connectivity index (χ4n) is 3.65. The molecule has 1 saturated heterocycles. The van der Waals surface area contributed by atoms with Crippen molar-refractivity contribution in [3.63, 3.8) is 0 Å². The number of halogens is 1. The van der Waals surface area contributed by atoms with Crippen LogP contribution in [0.4, 0.5) is 0 Å². The lowest BCUT2D eigenvalue weighted by Gasteiger charge is -2.32. The molecular weight excluding hydrogens is 360 g/mol. The van der Waals surface area contributed by atoms with Crippen LogP contribution in [0.25, 0.3) is 10.8 Å². The number of ether oxygens (including phenoxy) is 1. The molecule has 5 heteroatoms. The molecule has 0 amide bonds. The van der Waals surface area contributed by atoms with Crippen LogP contribution in [0.5, 0.6) is 5.75 Å². The van der Waals surface area contributed by atoms with Gasteiger partial charge in [0, 0.05) is 23.2 Å². The lowest BCUT2D eigenvalue weighted by Crippen LogP contribution is -2.35. The number of aromatic nitrogens is 1. The van der Waals surface area contributed by atoms with Gasteiger partial charge in [0.1, 0.15) is 5.75 Å². The summed E-state index contributed by atoms with van der Waals surface area (Å²) < 4.78 is 6.01. The monoisotopic (exact) mass is 382 g/mol. The average molecular weight is 383 g/mol. The van der Waals surface area contributed by atoms with E-state index in [4.69, 9.17) is 16.3 Å². The van der Waals surface area contributed by atoms with Crippen molar-refractivity contribution in [2.24, 2.45) is 5.92 Å². The Kier molecular flexibility index (Phi) is 5.46. The first-order valence-electron chi connectivity index (χ1n) is 9.39. The summed E-state index contributed by atoms with van der Waals surface area (Å²) in [4.78, 5) is 16.9. The predicted molar refractivity (Wildman–Crippen MR) is 110 cm³/mol. The zero-order valence-electron chi connectivity index (χ0n) is 15.2. The van der Waals surface area contributed by atoms with Gasteiger partial charge in [0.15, 0.2) is 0 Å². The summed E-state index contributed by atoms with van der Waals surface area (Å²) in [5.41, 5.74) is 1.13. The quantitative estimate of drug-likeness (QED) is 0.708. The molecule has 0 radical (unpaired) electrons. The molecule has 140 valence electrons. The molecule has 0 unspecified atom stereocenters. The number of H-pyrrole nitrogens is 1. The maximum Gasteiger partial charge on any atom is 0.255 e. The highest BCUT2D eigenvalue weighted by molar-refractivity contribution is 6.31. The van der Waals surface area contributed by atoms with Crippen LogP contribution in [0.1, 0.15) is 18.4 Å². The lowest BCUT2D eigenvalue weighted by atomic mass is 9.97. The Morgan fingerprint density at radius 1 is 1.11 bits per heavy atom. The summed E-state index contributed by atoms with van der Waals surface area (Å²) in [6.07, 6.45) is 3.92. The van der Waals surface area contributed by atoms with Crippen molar-refractivity contribution in [2.75, 3.05) is 19.7 Å². The minimum absolute atomic E-state index is 0.0649. The highest BCUT2D eigenvalue weighted by atomic mass is 35.5. The Bertz CT molecular complexity index is 977. The summed E-state index contributed by atoms with van der Waals surface area (Å²) >= 11 is 6.27. The number of benzene rings is 2. The zero-order chi connectivity index (χ0) is 18.6. The Hall–Kier alpha value is -2.30. The number of pyridine rings is 1. The zero-order valence-corrected chi connectivity index (χ0v) is 15.9. The lowest BCUT2D eigenvalue weighted by molar-refractivity contribution is 0.137. The molecule has 1 aliphatic heterocycles. The fourth-order valence-corrected chi connectivity index (χ4v) is 3.85. The third kappa shape index (κ3) is 4.34. The maximum atomic E-state index is 11.8. The van der Waals surface area contributed by atoms with Gasteiger partial charge in [0.25, 0.3) is 5.56 Å². The highest BCUT2D eigenvalue weighted by Crippen LogP contribution is 2.24. The van der Waals surface area contributed by atoms with E-state index in [-0.39, 0.29) is 5.56 Å². The van der Waals surface area contributed by atoms with E-state index in [0.717, 1.165) is 48.6 Å². The molecule has 4 nitrogen and oxygen atoms in total. The van der Waals surface area contributed by atoms with Crippen molar-refractivity contribution in [1.29, 1.82) is 0 Å². The van der Waals surface area contributed by atoms with Gasteiger partial charge in [-0.2, -0.15) is 0 Å². The number of hydrogen-bond acceptors (Lipinski definition) is 3. The van der Waals surface area contributed by atoms with E-state index in [2.05, 4.69) is 16.0 Å². The molecule has 4 rings (SSSR count). The topological polar surface area (TPSA) is 45.3 Å². The first-order valence-corrected chi connectivity index (χ1v) is 9.77. The summed E-state index contributed by atoms with van der Waals surface area (Å²) in [5.74, 6) is 1.38. The molecule has 2 heterocycles. The molecule has 0 aliphatic carbocycles. The minimum atomic E-state index is -0.0649. The van der Waals surface area contributed by atoms with Crippen LogP contribution in [0, 0.1) is 5.92 Å². The highest BCUT2D eigenvalue weighted by Gasteiger charge is 2.20. The van der Waals surface area contributed by atoms with Crippen molar-refractivity contribution in [2.45, 2.75) is 19.4 Å². The second kappa shape index (κ2) is 8.15. The normalized spacial score (nSPS) is 15.9. The molecule has 27 heavy (non-hydrogen) atoms. The van der Waals surface area contributed by atoms with Crippen LogP contribution in [-0.4, -0.2) is 29.6 Å². The predicted octanol–water partition coefficient (Wildman–Crippen LogP) is 4.47. The number of nitrogens with zero attached hydrogens (tertiary/aromatic N) is 1. The molecule has 2 aromatic carbocycles. The van der Waals surface area contributed by atoms with E-state index in [1.54, 1.807) is 6.20 Å². The Labute approximate surface area is 163 Å². The van der Waals surface area contributed by atoms with Crippen LogP contribution in [0.3, 0.4) is 0 Å². The molecule has 1 aliphatic rings. The first-order chi connectivity index (χ1) is 13.2. The smallest absolute Gasteiger partial charge is 0.255 e. The minimum Gasteiger partial charge on any atom is -0.493 e. The third-order valence-corrected chi connectivity index (χ3v) is 5.66. The van der Waals surface area contributed by atoms with E-state index >= 15 is 0 Å². The molecule has 1 aromatic heterocycles. The number of piperidine rings is 1. The fraction of sp³-hybridized carbons (Fsp3) is 0.318. The largest absolute Gasteiger partial charge is 0.493 e. The van der Waals surface area contributed by atoms with Crippen LogP contribution in [0.15, 0.2) is 59.5 Å². The van der Waals surface area contributed by atoms with Crippen molar-refractivity contribution >= 4 is 22.4 Å². The van der Waals surface area contributed by atoms with E-state index in [1.165, 1.54) is 5.56 Å². The molecule has 1 N–H and O–H groups in total. The van der Waals surface area contributed by atoms with Gasteiger partial charge in [0.05, 0.1) is 6.61 Å². The number of aromatic amines is 1. The third-order valence-electron chi connectivity index (χ3n) is 5.29. The van der Waals surface area contributed by atoms with Crippen molar-refractivity contribution in [3.8, 4) is 5.75 Å². The van der Waals surface area contributed by atoms with Crippen LogP contribution in [-0.2, 0) is 6.54 Å². The van der Waals surface area contributed by atoms with Crippen LogP contribution >= 0.6 is 11.6 Å². The van der Waals surface area contributed by atoms with E-state index < -0.39 is 0 Å². The number of likely N-dealkylation sites (tertiary alicyclic amines) is 1. The second-order valence-electron chi connectivity index (χ2n) is 7.18. The molecule has 1 fully saturated rings. The van der Waals surface area contributed by atoms with Gasteiger partial charge in [-0.3, -0.25) is 9.69 Å². The maximum absolute atomic E-state index is 11.8. The summed E-state index contributed by atoms with van der Waals surface area (Å²) in [6.45, 7) is 3.75. The SMILES string of the molecule is O=c1[nH]ccc2cc(OCC3CCN(Cc4ccccc4Cl)CC3)ccc12.